The molecule has 0 amide bonds. The number of carbonyl (C=O) groups is 1. The fourth-order valence-electron chi connectivity index (χ4n) is 4.05. The van der Waals surface area contributed by atoms with Gasteiger partial charge in [0.1, 0.15) is 4.90 Å². The van der Waals surface area contributed by atoms with Gasteiger partial charge in [0.2, 0.25) is 10.0 Å². The van der Waals surface area contributed by atoms with Crippen molar-refractivity contribution in [2.75, 3.05) is 32.8 Å². The number of rotatable bonds is 5. The van der Waals surface area contributed by atoms with Crippen molar-refractivity contribution in [2.24, 2.45) is 7.05 Å². The van der Waals surface area contributed by atoms with Crippen LogP contribution in [-0.4, -0.2) is 77.9 Å². The minimum atomic E-state index is -3.65. The van der Waals surface area contributed by atoms with E-state index in [0.29, 0.717) is 13.2 Å². The van der Waals surface area contributed by atoms with Crippen LogP contribution in [-0.2, 0) is 26.6 Å². The first-order valence-corrected chi connectivity index (χ1v) is 11.4. The molecular weight excluding hydrogens is 408 g/mol. The molecule has 0 aliphatic carbocycles. The second-order valence-electron chi connectivity index (χ2n) is 7.34. The molecule has 9 nitrogen and oxygen atoms in total. The molecule has 1 aromatic carbocycles. The Labute approximate surface area is 176 Å². The zero-order chi connectivity index (χ0) is 21.6. The molecule has 164 valence electrons. The van der Waals surface area contributed by atoms with Crippen molar-refractivity contribution in [3.63, 3.8) is 0 Å². The van der Waals surface area contributed by atoms with Crippen molar-refractivity contribution in [1.29, 1.82) is 0 Å². The third-order valence-electron chi connectivity index (χ3n) is 5.37. The van der Waals surface area contributed by atoms with Crippen LogP contribution in [0, 0.1) is 0 Å². The highest BCUT2D eigenvalue weighted by Crippen LogP contribution is 2.35. The van der Waals surface area contributed by atoms with Gasteiger partial charge in [-0.1, -0.05) is 30.3 Å². The summed E-state index contributed by atoms with van der Waals surface area (Å²) in [6, 6.07) is 9.48. The van der Waals surface area contributed by atoms with Crippen molar-refractivity contribution in [3.05, 3.63) is 48.3 Å². The lowest BCUT2D eigenvalue weighted by atomic mass is 9.99. The monoisotopic (exact) mass is 436 g/mol. The molecule has 0 bridgehead atoms. The van der Waals surface area contributed by atoms with E-state index in [4.69, 9.17) is 14.6 Å². The Morgan fingerprint density at radius 2 is 1.87 bits per heavy atom. The summed E-state index contributed by atoms with van der Waals surface area (Å²) in [5.74, 6) is 0. The first-order valence-electron chi connectivity index (χ1n) is 9.94. The second-order valence-corrected chi connectivity index (χ2v) is 9.23. The maximum atomic E-state index is 13.4. The summed E-state index contributed by atoms with van der Waals surface area (Å²) < 4.78 is 36.0. The summed E-state index contributed by atoms with van der Waals surface area (Å²) >= 11 is 0. The van der Waals surface area contributed by atoms with Gasteiger partial charge in [0.25, 0.3) is 6.47 Å². The van der Waals surface area contributed by atoms with Crippen LogP contribution in [0.5, 0.6) is 0 Å². The lowest BCUT2D eigenvalue weighted by Crippen LogP contribution is -2.51. The topological polar surface area (TPSA) is 105 Å². The fourth-order valence-corrected chi connectivity index (χ4v) is 5.66. The molecule has 30 heavy (non-hydrogen) atoms. The van der Waals surface area contributed by atoms with Gasteiger partial charge in [0.05, 0.1) is 24.9 Å². The van der Waals surface area contributed by atoms with Crippen molar-refractivity contribution in [3.8, 4) is 0 Å². The molecule has 4 rings (SSSR count). The molecule has 1 N–H and O–H groups in total. The zero-order valence-corrected chi connectivity index (χ0v) is 17.8. The number of aromatic nitrogens is 2. The Balaban J connectivity index is 0.000000806. The average molecular weight is 437 g/mol. The van der Waals surface area contributed by atoms with Gasteiger partial charge < -0.3 is 14.7 Å². The number of benzene rings is 1. The number of ether oxygens (including phenoxy) is 1. The summed E-state index contributed by atoms with van der Waals surface area (Å²) in [6.45, 7) is 3.35. The predicted molar refractivity (Wildman–Crippen MR) is 110 cm³/mol. The maximum Gasteiger partial charge on any atom is 0.290 e. The lowest BCUT2D eigenvalue weighted by molar-refractivity contribution is -0.122. The smallest absolute Gasteiger partial charge is 0.290 e. The van der Waals surface area contributed by atoms with Gasteiger partial charge in [-0.25, -0.2) is 8.42 Å². The quantitative estimate of drug-likeness (QED) is 0.706. The summed E-state index contributed by atoms with van der Waals surface area (Å²) in [5.41, 5.74) is 0.967. The van der Waals surface area contributed by atoms with E-state index in [1.807, 2.05) is 30.3 Å². The molecule has 3 heterocycles. The van der Waals surface area contributed by atoms with Crippen molar-refractivity contribution in [2.45, 2.75) is 29.9 Å². The van der Waals surface area contributed by atoms with Crippen molar-refractivity contribution in [1.82, 2.24) is 19.0 Å². The van der Waals surface area contributed by atoms with Crippen LogP contribution in [0.3, 0.4) is 0 Å². The van der Waals surface area contributed by atoms with Crippen LogP contribution >= 0.6 is 0 Å². The third kappa shape index (κ3) is 5.07. The van der Waals surface area contributed by atoms with Crippen molar-refractivity contribution >= 4 is 16.5 Å². The number of sulfonamides is 1. The summed E-state index contributed by atoms with van der Waals surface area (Å²) in [6.07, 6.45) is 5.18. The molecule has 0 spiro atoms. The first-order chi connectivity index (χ1) is 14.5. The number of nitrogens with zero attached hydrogens (tertiary/aromatic N) is 4. The molecule has 10 heteroatoms. The van der Waals surface area contributed by atoms with Crippen molar-refractivity contribution < 1.29 is 23.1 Å². The largest absolute Gasteiger partial charge is 0.483 e. The normalized spacial score (nSPS) is 23.0. The van der Waals surface area contributed by atoms with E-state index in [0.717, 1.165) is 25.2 Å². The summed E-state index contributed by atoms with van der Waals surface area (Å²) in [7, 11) is -1.93. The molecule has 2 saturated heterocycles. The molecule has 2 aliphatic rings. The SMILES string of the molecule is Cn1cc(S(=O)(=O)N2CCO[C@@H](CN3CCCC3)[C@@H]2c2ccccc2)cn1.O=CO. The number of carboxylic acid groups (broad SMARTS) is 1. The highest BCUT2D eigenvalue weighted by molar-refractivity contribution is 7.89. The highest BCUT2D eigenvalue weighted by atomic mass is 32.2. The molecule has 0 saturated carbocycles. The zero-order valence-electron chi connectivity index (χ0n) is 17.0. The Morgan fingerprint density at radius 3 is 2.47 bits per heavy atom. The second kappa shape index (κ2) is 10.2. The van der Waals surface area contributed by atoms with E-state index in [1.165, 1.54) is 23.7 Å². The Morgan fingerprint density at radius 1 is 1.20 bits per heavy atom. The van der Waals surface area contributed by atoms with Gasteiger partial charge in [-0.2, -0.15) is 9.40 Å². The van der Waals surface area contributed by atoms with Crippen LogP contribution < -0.4 is 0 Å². The van der Waals surface area contributed by atoms with Crippen LogP contribution in [0.25, 0.3) is 0 Å². The number of hydrogen-bond donors (Lipinski definition) is 1. The Kier molecular flexibility index (Phi) is 7.59. The average Bonchev–Trinajstić information content (AvgIpc) is 3.41. The fraction of sp³-hybridized carbons (Fsp3) is 0.500. The number of morpholine rings is 1. The molecular formula is C20H28N4O5S. The molecule has 2 atom stereocenters. The standard InChI is InChI=1S/C19H26N4O3S.CH2O2/c1-21-14-17(13-20-21)27(24,25)23-11-12-26-18(15-22-9-5-6-10-22)19(23)16-7-3-2-4-8-16;2-1-3/h2-4,7-8,13-14,18-19H,5-6,9-12,15H2,1H3;1H,(H,2,3)/t18-,19-;/m0./s1. The van der Waals surface area contributed by atoms with E-state index in [2.05, 4.69) is 10.00 Å². The highest BCUT2D eigenvalue weighted by Gasteiger charge is 2.42. The Bertz CT molecular complexity index is 912. The molecule has 1 aromatic heterocycles. The minimum absolute atomic E-state index is 0.189. The molecule has 0 radical (unpaired) electrons. The van der Waals surface area contributed by atoms with Gasteiger partial charge in [-0.05, 0) is 31.5 Å². The van der Waals surface area contributed by atoms with Gasteiger partial charge in [-0.15, -0.1) is 0 Å². The van der Waals surface area contributed by atoms with Gasteiger partial charge in [0, 0.05) is 26.3 Å². The predicted octanol–water partition coefficient (Wildman–Crippen LogP) is 1.35. The van der Waals surface area contributed by atoms with Gasteiger partial charge >= 0.3 is 0 Å². The summed E-state index contributed by atoms with van der Waals surface area (Å²) in [5, 5.41) is 10.9. The number of aryl methyl sites for hydroxylation is 1. The first kappa shape index (κ1) is 22.4. The molecule has 2 fully saturated rings. The lowest BCUT2D eigenvalue weighted by Gasteiger charge is -2.41. The molecule has 2 aliphatic heterocycles. The molecule has 2 aromatic rings. The number of likely N-dealkylation sites (tertiary alicyclic amines) is 1. The van der Waals surface area contributed by atoms with Crippen LogP contribution in [0.1, 0.15) is 24.4 Å². The van der Waals surface area contributed by atoms with Crippen LogP contribution in [0.15, 0.2) is 47.6 Å². The maximum absolute atomic E-state index is 13.4. The van der Waals surface area contributed by atoms with E-state index < -0.39 is 10.0 Å². The van der Waals surface area contributed by atoms with E-state index in [-0.39, 0.29) is 23.5 Å². The van der Waals surface area contributed by atoms with Gasteiger partial charge in [0.15, 0.2) is 0 Å². The third-order valence-corrected chi connectivity index (χ3v) is 7.21. The summed E-state index contributed by atoms with van der Waals surface area (Å²) in [4.78, 5) is 11.0. The number of hydrogen-bond acceptors (Lipinski definition) is 6. The van der Waals surface area contributed by atoms with E-state index >= 15 is 0 Å². The van der Waals surface area contributed by atoms with E-state index in [1.54, 1.807) is 17.5 Å². The van der Waals surface area contributed by atoms with Crippen LogP contribution in [0.2, 0.25) is 0 Å². The van der Waals surface area contributed by atoms with Gasteiger partial charge in [-0.3, -0.25) is 9.48 Å². The van der Waals surface area contributed by atoms with E-state index in [9.17, 15) is 8.42 Å². The Hall–Kier alpha value is -2.27. The minimum Gasteiger partial charge on any atom is -0.483 e. The van der Waals surface area contributed by atoms with Crippen LogP contribution in [0.4, 0.5) is 0 Å². The molecule has 0 unspecified atom stereocenters.